The first-order valence-corrected chi connectivity index (χ1v) is 8.34. The minimum absolute atomic E-state index is 0.426. The minimum Gasteiger partial charge on any atom is -0.490 e. The summed E-state index contributed by atoms with van der Waals surface area (Å²) in [6, 6.07) is 6.88. The highest BCUT2D eigenvalue weighted by molar-refractivity contribution is 5.44. The zero-order chi connectivity index (χ0) is 14.7. The number of fused-ring (bicyclic) bond motifs is 1. The Morgan fingerprint density at radius 2 is 1.76 bits per heavy atom. The van der Waals surface area contributed by atoms with Crippen LogP contribution in [0.25, 0.3) is 0 Å². The van der Waals surface area contributed by atoms with Crippen LogP contribution in [0.5, 0.6) is 11.5 Å². The number of nitrogens with one attached hydrogen (secondary N) is 1. The van der Waals surface area contributed by atoms with E-state index in [9.17, 15) is 0 Å². The lowest BCUT2D eigenvalue weighted by Crippen LogP contribution is -2.28. The predicted molar refractivity (Wildman–Crippen MR) is 85.0 cm³/mol. The molecule has 0 aromatic heterocycles. The lowest BCUT2D eigenvalue weighted by molar-refractivity contribution is 0.237. The highest BCUT2D eigenvalue weighted by Gasteiger charge is 2.27. The van der Waals surface area contributed by atoms with Crippen molar-refractivity contribution >= 4 is 0 Å². The van der Waals surface area contributed by atoms with E-state index in [-0.39, 0.29) is 0 Å². The average molecular weight is 289 g/mol. The van der Waals surface area contributed by atoms with Crippen molar-refractivity contribution in [1.29, 1.82) is 0 Å². The van der Waals surface area contributed by atoms with Gasteiger partial charge in [0.1, 0.15) is 0 Å². The first-order chi connectivity index (χ1) is 10.3. The molecule has 1 aliphatic carbocycles. The van der Waals surface area contributed by atoms with Crippen molar-refractivity contribution in [3.05, 3.63) is 23.8 Å². The zero-order valence-electron chi connectivity index (χ0n) is 13.2. The molecule has 3 rings (SSSR count). The van der Waals surface area contributed by atoms with Gasteiger partial charge in [-0.05, 0) is 49.4 Å². The number of hydrogen-bond donors (Lipinski definition) is 1. The van der Waals surface area contributed by atoms with Crippen LogP contribution in [0.2, 0.25) is 0 Å². The molecule has 1 N–H and O–H groups in total. The van der Waals surface area contributed by atoms with E-state index >= 15 is 0 Å². The van der Waals surface area contributed by atoms with Gasteiger partial charge in [-0.1, -0.05) is 25.8 Å². The summed E-state index contributed by atoms with van der Waals surface area (Å²) in [5, 5.41) is 3.53. The van der Waals surface area contributed by atoms with Gasteiger partial charge >= 0.3 is 0 Å². The van der Waals surface area contributed by atoms with Crippen LogP contribution in [0.4, 0.5) is 0 Å². The van der Waals surface area contributed by atoms with Crippen molar-refractivity contribution in [2.75, 3.05) is 20.3 Å². The predicted octanol–water partition coefficient (Wildman–Crippen LogP) is 3.93. The van der Waals surface area contributed by atoms with Crippen LogP contribution in [-0.4, -0.2) is 20.3 Å². The molecule has 1 heterocycles. The van der Waals surface area contributed by atoms with Gasteiger partial charge in [0.05, 0.1) is 13.2 Å². The summed E-state index contributed by atoms with van der Waals surface area (Å²) in [7, 11) is 2.08. The Morgan fingerprint density at radius 3 is 2.48 bits per heavy atom. The molecule has 1 atom stereocenters. The molecule has 21 heavy (non-hydrogen) atoms. The first kappa shape index (κ1) is 14.7. The summed E-state index contributed by atoms with van der Waals surface area (Å²) in [6.45, 7) is 3.88. The Balaban J connectivity index is 1.79. The number of ether oxygens (including phenoxy) is 2. The lowest BCUT2D eigenvalue weighted by Gasteiger charge is -2.33. The van der Waals surface area contributed by atoms with Gasteiger partial charge in [0, 0.05) is 12.5 Å². The third-order valence-corrected chi connectivity index (χ3v) is 4.97. The van der Waals surface area contributed by atoms with Crippen LogP contribution in [-0.2, 0) is 0 Å². The molecule has 2 aliphatic rings. The highest BCUT2D eigenvalue weighted by Crippen LogP contribution is 2.39. The van der Waals surface area contributed by atoms with Gasteiger partial charge < -0.3 is 14.8 Å². The first-order valence-electron chi connectivity index (χ1n) is 8.34. The fourth-order valence-electron chi connectivity index (χ4n) is 3.67. The monoisotopic (exact) mass is 289 g/mol. The van der Waals surface area contributed by atoms with E-state index in [1.807, 2.05) is 0 Å². The van der Waals surface area contributed by atoms with Gasteiger partial charge in [-0.25, -0.2) is 0 Å². The van der Waals surface area contributed by atoms with Crippen molar-refractivity contribution < 1.29 is 9.47 Å². The molecular formula is C18H27NO2. The van der Waals surface area contributed by atoms with Crippen molar-refractivity contribution in [3.63, 3.8) is 0 Å². The molecule has 3 nitrogen and oxygen atoms in total. The SMILES string of the molecule is CNC(c1ccc2c(c1)OCCCO2)C1CCC(C)CC1. The third-order valence-electron chi connectivity index (χ3n) is 4.97. The fraction of sp³-hybridized carbons (Fsp3) is 0.667. The quantitative estimate of drug-likeness (QED) is 0.914. The molecule has 0 bridgehead atoms. The van der Waals surface area contributed by atoms with E-state index in [0.717, 1.165) is 43.0 Å². The van der Waals surface area contributed by atoms with Gasteiger partial charge in [0.25, 0.3) is 0 Å². The molecule has 0 radical (unpaired) electrons. The second kappa shape index (κ2) is 6.69. The van der Waals surface area contributed by atoms with E-state index in [1.54, 1.807) is 0 Å². The molecule has 1 unspecified atom stereocenters. The molecular weight excluding hydrogens is 262 g/mol. The van der Waals surface area contributed by atoms with E-state index in [2.05, 4.69) is 37.5 Å². The number of benzene rings is 1. The third kappa shape index (κ3) is 3.34. The van der Waals surface area contributed by atoms with Gasteiger partial charge in [-0.2, -0.15) is 0 Å². The molecule has 1 aliphatic heterocycles. The van der Waals surface area contributed by atoms with Gasteiger partial charge in [0.2, 0.25) is 0 Å². The Hall–Kier alpha value is -1.22. The van der Waals surface area contributed by atoms with Crippen LogP contribution in [0.1, 0.15) is 50.6 Å². The summed E-state index contributed by atoms with van der Waals surface area (Å²) >= 11 is 0. The smallest absolute Gasteiger partial charge is 0.161 e. The Morgan fingerprint density at radius 1 is 1.05 bits per heavy atom. The molecule has 1 aromatic rings. The van der Waals surface area contributed by atoms with Crippen molar-refractivity contribution in [3.8, 4) is 11.5 Å². The van der Waals surface area contributed by atoms with Crippen LogP contribution in [0, 0.1) is 11.8 Å². The van der Waals surface area contributed by atoms with E-state index in [4.69, 9.17) is 9.47 Å². The lowest BCUT2D eigenvalue weighted by atomic mass is 9.77. The molecule has 0 amide bonds. The summed E-state index contributed by atoms with van der Waals surface area (Å²) in [5.74, 6) is 3.43. The standard InChI is InChI=1S/C18H27NO2/c1-13-4-6-14(7-5-13)18(19-2)15-8-9-16-17(12-15)21-11-3-10-20-16/h8-9,12-14,18-19H,3-7,10-11H2,1-2H3. The summed E-state index contributed by atoms with van der Waals surface area (Å²) < 4.78 is 11.6. The number of hydrogen-bond acceptors (Lipinski definition) is 3. The van der Waals surface area contributed by atoms with Crippen LogP contribution in [0.3, 0.4) is 0 Å². The van der Waals surface area contributed by atoms with E-state index in [0.29, 0.717) is 6.04 Å². The maximum absolute atomic E-state index is 5.84. The van der Waals surface area contributed by atoms with Crippen LogP contribution in [0.15, 0.2) is 18.2 Å². The second-order valence-corrected chi connectivity index (χ2v) is 6.54. The summed E-state index contributed by atoms with van der Waals surface area (Å²) in [6.07, 6.45) is 6.31. The maximum atomic E-state index is 5.84. The van der Waals surface area contributed by atoms with Crippen LogP contribution >= 0.6 is 0 Å². The molecule has 3 heteroatoms. The van der Waals surface area contributed by atoms with Crippen LogP contribution < -0.4 is 14.8 Å². The average Bonchev–Trinajstić information content (AvgIpc) is 2.75. The largest absolute Gasteiger partial charge is 0.490 e. The van der Waals surface area contributed by atoms with E-state index < -0.39 is 0 Å². The molecule has 0 spiro atoms. The highest BCUT2D eigenvalue weighted by atomic mass is 16.5. The zero-order valence-corrected chi connectivity index (χ0v) is 13.2. The van der Waals surface area contributed by atoms with Crippen molar-refractivity contribution in [2.24, 2.45) is 11.8 Å². The van der Waals surface area contributed by atoms with E-state index in [1.165, 1.54) is 31.2 Å². The summed E-state index contributed by atoms with van der Waals surface area (Å²) in [5.41, 5.74) is 1.33. The Kier molecular flexibility index (Phi) is 4.69. The molecule has 0 saturated heterocycles. The molecule has 1 aromatic carbocycles. The molecule has 1 saturated carbocycles. The van der Waals surface area contributed by atoms with Gasteiger partial charge in [-0.15, -0.1) is 0 Å². The minimum atomic E-state index is 0.426. The van der Waals surface area contributed by atoms with Crippen molar-refractivity contribution in [1.82, 2.24) is 5.32 Å². The second-order valence-electron chi connectivity index (χ2n) is 6.54. The summed E-state index contributed by atoms with van der Waals surface area (Å²) in [4.78, 5) is 0. The molecule has 116 valence electrons. The maximum Gasteiger partial charge on any atom is 0.161 e. The molecule has 1 fully saturated rings. The Bertz CT molecular complexity index is 466. The van der Waals surface area contributed by atoms with Gasteiger partial charge in [-0.3, -0.25) is 0 Å². The van der Waals surface area contributed by atoms with Gasteiger partial charge in [0.15, 0.2) is 11.5 Å². The van der Waals surface area contributed by atoms with Crippen molar-refractivity contribution in [2.45, 2.75) is 45.1 Å². The normalized spacial score (nSPS) is 27.0. The topological polar surface area (TPSA) is 30.5 Å². The number of rotatable bonds is 3. The fourth-order valence-corrected chi connectivity index (χ4v) is 3.67. The Labute approximate surface area is 128 Å².